The van der Waals surface area contributed by atoms with Crippen LogP contribution < -0.4 is 5.32 Å². The smallest absolute Gasteiger partial charge is 0.223 e. The van der Waals surface area contributed by atoms with Crippen molar-refractivity contribution in [3.63, 3.8) is 0 Å². The van der Waals surface area contributed by atoms with Crippen molar-refractivity contribution in [2.24, 2.45) is 0 Å². The fourth-order valence-corrected chi connectivity index (χ4v) is 2.91. The summed E-state index contributed by atoms with van der Waals surface area (Å²) < 4.78 is 26.8. The minimum atomic E-state index is -0.956. The monoisotopic (exact) mass is 297 g/mol. The normalized spacial score (nSPS) is 19.0. The van der Waals surface area contributed by atoms with E-state index in [1.165, 1.54) is 12.1 Å². The Bertz CT molecular complexity index is 513. The second-order valence-corrected chi connectivity index (χ2v) is 5.89. The number of aliphatic hydroxyl groups is 1. The molecule has 0 radical (unpaired) electrons. The average Bonchev–Trinajstić information content (AvgIpc) is 2.41. The van der Waals surface area contributed by atoms with Crippen LogP contribution in [0.1, 0.15) is 57.1 Å². The number of hydrogen-bond donors (Lipinski definition) is 2. The molecule has 1 aromatic carbocycles. The first-order valence-corrected chi connectivity index (χ1v) is 7.37. The molecule has 1 aliphatic rings. The van der Waals surface area contributed by atoms with E-state index in [2.05, 4.69) is 5.32 Å². The predicted octanol–water partition coefficient (Wildman–Crippen LogP) is 3.23. The lowest BCUT2D eigenvalue weighted by molar-refractivity contribution is -0.128. The number of rotatable bonds is 4. The van der Waals surface area contributed by atoms with E-state index in [9.17, 15) is 18.7 Å². The Morgan fingerprint density at radius 2 is 2.00 bits per heavy atom. The van der Waals surface area contributed by atoms with E-state index in [0.717, 1.165) is 25.3 Å². The van der Waals surface area contributed by atoms with Crippen molar-refractivity contribution < 1.29 is 18.7 Å². The van der Waals surface area contributed by atoms with Gasteiger partial charge in [0.15, 0.2) is 11.6 Å². The van der Waals surface area contributed by atoms with E-state index in [0.29, 0.717) is 12.8 Å². The SMILES string of the molecule is CC(NC(=O)CC1(O)CCCCC1)c1cccc(F)c1F. The fourth-order valence-electron chi connectivity index (χ4n) is 2.91. The van der Waals surface area contributed by atoms with Crippen LogP contribution in [0.3, 0.4) is 0 Å². The summed E-state index contributed by atoms with van der Waals surface area (Å²) in [6.07, 6.45) is 4.14. The van der Waals surface area contributed by atoms with Crippen LogP contribution in [0, 0.1) is 11.6 Å². The summed E-state index contributed by atoms with van der Waals surface area (Å²) in [5, 5.41) is 13.0. The van der Waals surface area contributed by atoms with Gasteiger partial charge >= 0.3 is 0 Å². The van der Waals surface area contributed by atoms with Crippen molar-refractivity contribution in [3.8, 4) is 0 Å². The van der Waals surface area contributed by atoms with Crippen molar-refractivity contribution in [1.82, 2.24) is 5.32 Å². The summed E-state index contributed by atoms with van der Waals surface area (Å²) in [6, 6.07) is 3.25. The molecule has 0 heterocycles. The average molecular weight is 297 g/mol. The van der Waals surface area contributed by atoms with E-state index in [1.54, 1.807) is 6.92 Å². The second kappa shape index (κ2) is 6.52. The van der Waals surface area contributed by atoms with Crippen LogP contribution in [-0.4, -0.2) is 16.6 Å². The van der Waals surface area contributed by atoms with Crippen LogP contribution in [0.5, 0.6) is 0 Å². The molecule has 3 nitrogen and oxygen atoms in total. The molecule has 5 heteroatoms. The Balaban J connectivity index is 1.97. The summed E-state index contributed by atoms with van der Waals surface area (Å²) in [7, 11) is 0. The summed E-state index contributed by atoms with van der Waals surface area (Å²) in [6.45, 7) is 1.60. The lowest BCUT2D eigenvalue weighted by Crippen LogP contribution is -2.39. The molecule has 2 rings (SSSR count). The third-order valence-electron chi connectivity index (χ3n) is 4.10. The van der Waals surface area contributed by atoms with Gasteiger partial charge in [0, 0.05) is 5.56 Å². The highest BCUT2D eigenvalue weighted by molar-refractivity contribution is 5.77. The van der Waals surface area contributed by atoms with Crippen molar-refractivity contribution in [3.05, 3.63) is 35.4 Å². The molecule has 0 spiro atoms. The zero-order valence-corrected chi connectivity index (χ0v) is 12.2. The molecule has 0 aromatic heterocycles. The molecule has 0 aliphatic heterocycles. The summed E-state index contributed by atoms with van der Waals surface area (Å²) in [5.74, 6) is -2.21. The number of benzene rings is 1. The van der Waals surface area contributed by atoms with Gasteiger partial charge in [-0.2, -0.15) is 0 Å². The van der Waals surface area contributed by atoms with Gasteiger partial charge in [-0.05, 0) is 25.8 Å². The van der Waals surface area contributed by atoms with Gasteiger partial charge in [-0.3, -0.25) is 4.79 Å². The minimum Gasteiger partial charge on any atom is -0.389 e. The van der Waals surface area contributed by atoms with Crippen LogP contribution in [-0.2, 0) is 4.79 Å². The molecule has 21 heavy (non-hydrogen) atoms. The lowest BCUT2D eigenvalue weighted by atomic mass is 9.82. The lowest BCUT2D eigenvalue weighted by Gasteiger charge is -2.31. The molecule has 2 N–H and O–H groups in total. The topological polar surface area (TPSA) is 49.3 Å². The summed E-state index contributed by atoms with van der Waals surface area (Å²) in [4.78, 5) is 12.0. The molecule has 1 aliphatic carbocycles. The molecule has 116 valence electrons. The summed E-state index contributed by atoms with van der Waals surface area (Å²) >= 11 is 0. The van der Waals surface area contributed by atoms with Crippen molar-refractivity contribution in [1.29, 1.82) is 0 Å². The maximum atomic E-state index is 13.7. The van der Waals surface area contributed by atoms with E-state index in [4.69, 9.17) is 0 Å². The number of amides is 1. The first-order chi connectivity index (χ1) is 9.91. The van der Waals surface area contributed by atoms with Gasteiger partial charge < -0.3 is 10.4 Å². The van der Waals surface area contributed by atoms with Crippen LogP contribution in [0.2, 0.25) is 0 Å². The van der Waals surface area contributed by atoms with Gasteiger partial charge in [-0.1, -0.05) is 31.4 Å². The number of carbonyl (C=O) groups is 1. The van der Waals surface area contributed by atoms with Crippen LogP contribution in [0.4, 0.5) is 8.78 Å². The van der Waals surface area contributed by atoms with E-state index >= 15 is 0 Å². The first kappa shape index (κ1) is 15.9. The third kappa shape index (κ3) is 4.00. The minimum absolute atomic E-state index is 0.00821. The second-order valence-electron chi connectivity index (χ2n) is 5.89. The van der Waals surface area contributed by atoms with Crippen LogP contribution in [0.15, 0.2) is 18.2 Å². The van der Waals surface area contributed by atoms with Gasteiger partial charge in [0.2, 0.25) is 5.91 Å². The maximum absolute atomic E-state index is 13.7. The van der Waals surface area contributed by atoms with Gasteiger partial charge in [-0.15, -0.1) is 0 Å². The van der Waals surface area contributed by atoms with Crippen molar-refractivity contribution in [2.45, 2.75) is 57.1 Å². The Hall–Kier alpha value is -1.49. The fraction of sp³-hybridized carbons (Fsp3) is 0.562. The van der Waals surface area contributed by atoms with Gasteiger partial charge in [-0.25, -0.2) is 8.78 Å². The molecule has 1 saturated carbocycles. The molecule has 0 bridgehead atoms. The number of hydrogen-bond acceptors (Lipinski definition) is 2. The summed E-state index contributed by atoms with van der Waals surface area (Å²) in [5.41, 5.74) is -0.846. The molecule has 1 amide bonds. The first-order valence-electron chi connectivity index (χ1n) is 7.37. The highest BCUT2D eigenvalue weighted by Gasteiger charge is 2.32. The predicted molar refractivity (Wildman–Crippen MR) is 75.6 cm³/mol. The van der Waals surface area contributed by atoms with Crippen LogP contribution >= 0.6 is 0 Å². The van der Waals surface area contributed by atoms with Crippen molar-refractivity contribution >= 4 is 5.91 Å². The highest BCUT2D eigenvalue weighted by Crippen LogP contribution is 2.31. The van der Waals surface area contributed by atoms with Gasteiger partial charge in [0.05, 0.1) is 18.1 Å². The molecule has 0 saturated heterocycles. The Morgan fingerprint density at radius 3 is 2.67 bits per heavy atom. The Kier molecular flexibility index (Phi) is 4.93. The Morgan fingerprint density at radius 1 is 1.33 bits per heavy atom. The van der Waals surface area contributed by atoms with E-state index < -0.39 is 23.3 Å². The third-order valence-corrected chi connectivity index (χ3v) is 4.10. The number of carbonyl (C=O) groups excluding carboxylic acids is 1. The molecule has 1 atom stereocenters. The molecule has 1 fully saturated rings. The maximum Gasteiger partial charge on any atom is 0.223 e. The number of halogens is 2. The standard InChI is InChI=1S/C16H21F2NO2/c1-11(12-6-5-7-13(17)15(12)18)19-14(20)10-16(21)8-3-2-4-9-16/h5-7,11,21H,2-4,8-10H2,1H3,(H,19,20). The molecule has 1 aromatic rings. The molecular formula is C16H21F2NO2. The van der Waals surface area contributed by atoms with E-state index in [-0.39, 0.29) is 17.9 Å². The quantitative estimate of drug-likeness (QED) is 0.896. The molecule has 1 unspecified atom stereocenters. The van der Waals surface area contributed by atoms with Gasteiger partial charge in [0.1, 0.15) is 0 Å². The number of nitrogens with one attached hydrogen (secondary N) is 1. The highest BCUT2D eigenvalue weighted by atomic mass is 19.2. The van der Waals surface area contributed by atoms with Crippen LogP contribution in [0.25, 0.3) is 0 Å². The zero-order valence-electron chi connectivity index (χ0n) is 12.2. The molecular weight excluding hydrogens is 276 g/mol. The Labute approximate surface area is 123 Å². The van der Waals surface area contributed by atoms with E-state index in [1.807, 2.05) is 0 Å². The largest absolute Gasteiger partial charge is 0.389 e. The van der Waals surface area contributed by atoms with Crippen molar-refractivity contribution in [2.75, 3.05) is 0 Å². The zero-order chi connectivity index (χ0) is 15.5. The van der Waals surface area contributed by atoms with Gasteiger partial charge in [0.25, 0.3) is 0 Å².